The number of methoxy groups -OCH3 is 1. The molecule has 1 heterocycles. The maximum Gasteiger partial charge on any atom is 0.118 e. The molecule has 0 bridgehead atoms. The zero-order chi connectivity index (χ0) is 11.5. The van der Waals surface area contributed by atoms with Gasteiger partial charge in [0.05, 0.1) is 19.0 Å². The number of benzene rings is 1. The van der Waals surface area contributed by atoms with Crippen LogP contribution < -0.4 is 10.5 Å². The molecule has 1 aliphatic rings. The summed E-state index contributed by atoms with van der Waals surface area (Å²) in [5.74, 6) is 2.13. The highest BCUT2D eigenvalue weighted by Gasteiger charge is 2.22. The van der Waals surface area contributed by atoms with Crippen LogP contribution in [0.15, 0.2) is 29.3 Å². The Bertz CT molecular complexity index is 383. The number of nitrogens with zero attached hydrogens (tertiary/aromatic N) is 1. The first-order chi connectivity index (χ1) is 7.69. The van der Waals surface area contributed by atoms with Crippen molar-refractivity contribution in [3.8, 4) is 5.75 Å². The van der Waals surface area contributed by atoms with Crippen LogP contribution in [0.1, 0.15) is 18.9 Å². The monoisotopic (exact) mass is 218 g/mol. The molecule has 0 spiro atoms. The predicted octanol–water partition coefficient (Wildman–Crippen LogP) is 2.00. The molecule has 1 aromatic carbocycles. The van der Waals surface area contributed by atoms with E-state index in [0.29, 0.717) is 12.0 Å². The molecule has 3 nitrogen and oxygen atoms in total. The molecule has 16 heavy (non-hydrogen) atoms. The summed E-state index contributed by atoms with van der Waals surface area (Å²) in [7, 11) is 1.68. The molecule has 0 fully saturated rings. The molecule has 3 heteroatoms. The van der Waals surface area contributed by atoms with Gasteiger partial charge < -0.3 is 10.5 Å². The van der Waals surface area contributed by atoms with Crippen molar-refractivity contribution in [2.24, 2.45) is 16.6 Å². The quantitative estimate of drug-likeness (QED) is 0.843. The van der Waals surface area contributed by atoms with E-state index >= 15 is 0 Å². The highest BCUT2D eigenvalue weighted by Crippen LogP contribution is 2.22. The van der Waals surface area contributed by atoms with Gasteiger partial charge >= 0.3 is 0 Å². The topological polar surface area (TPSA) is 47.6 Å². The molecule has 0 aromatic heterocycles. The van der Waals surface area contributed by atoms with Crippen molar-refractivity contribution in [1.82, 2.24) is 0 Å². The Hall–Kier alpha value is -1.51. The number of rotatable bonds is 3. The van der Waals surface area contributed by atoms with Crippen molar-refractivity contribution >= 4 is 5.84 Å². The Kier molecular flexibility index (Phi) is 3.13. The van der Waals surface area contributed by atoms with Gasteiger partial charge in [0.1, 0.15) is 5.75 Å². The van der Waals surface area contributed by atoms with E-state index in [1.807, 2.05) is 12.1 Å². The summed E-state index contributed by atoms with van der Waals surface area (Å²) >= 11 is 0. The van der Waals surface area contributed by atoms with Gasteiger partial charge in [-0.2, -0.15) is 0 Å². The fourth-order valence-corrected chi connectivity index (χ4v) is 2.08. The zero-order valence-corrected chi connectivity index (χ0v) is 9.81. The SMILES string of the molecule is COc1ccc(CC2CC(C)C(N)=N2)cc1. The fraction of sp³-hybridized carbons (Fsp3) is 0.462. The second-order valence-corrected chi connectivity index (χ2v) is 4.40. The van der Waals surface area contributed by atoms with E-state index < -0.39 is 0 Å². The van der Waals surface area contributed by atoms with Crippen LogP contribution in [0.4, 0.5) is 0 Å². The number of ether oxygens (including phenoxy) is 1. The van der Waals surface area contributed by atoms with E-state index in [2.05, 4.69) is 24.0 Å². The minimum Gasteiger partial charge on any atom is -0.497 e. The second-order valence-electron chi connectivity index (χ2n) is 4.40. The summed E-state index contributed by atoms with van der Waals surface area (Å²) in [6, 6.07) is 8.51. The molecule has 0 saturated heterocycles. The van der Waals surface area contributed by atoms with Crippen molar-refractivity contribution in [3.05, 3.63) is 29.8 Å². The summed E-state index contributed by atoms with van der Waals surface area (Å²) in [5, 5.41) is 0. The average molecular weight is 218 g/mol. The molecule has 0 aliphatic carbocycles. The molecule has 86 valence electrons. The highest BCUT2D eigenvalue weighted by atomic mass is 16.5. The third-order valence-corrected chi connectivity index (χ3v) is 3.09. The van der Waals surface area contributed by atoms with E-state index in [9.17, 15) is 0 Å². The Morgan fingerprint density at radius 1 is 1.38 bits per heavy atom. The lowest BCUT2D eigenvalue weighted by Gasteiger charge is -2.08. The van der Waals surface area contributed by atoms with Crippen LogP contribution in [0.3, 0.4) is 0 Å². The molecule has 2 N–H and O–H groups in total. The Balaban J connectivity index is 1.99. The van der Waals surface area contributed by atoms with Crippen LogP contribution in [0.2, 0.25) is 0 Å². The minimum atomic E-state index is 0.350. The van der Waals surface area contributed by atoms with Crippen molar-refractivity contribution in [1.29, 1.82) is 0 Å². The lowest BCUT2D eigenvalue weighted by Crippen LogP contribution is -2.15. The molecule has 1 aromatic rings. The zero-order valence-electron chi connectivity index (χ0n) is 9.81. The smallest absolute Gasteiger partial charge is 0.118 e. The summed E-state index contributed by atoms with van der Waals surface area (Å²) in [6.45, 7) is 2.13. The Labute approximate surface area is 96.3 Å². The molecule has 2 atom stereocenters. The standard InChI is InChI=1S/C13H18N2O/c1-9-7-11(15-13(9)14)8-10-3-5-12(16-2)6-4-10/h3-6,9,11H,7-8H2,1-2H3,(H2,14,15). The third kappa shape index (κ3) is 2.35. The van der Waals surface area contributed by atoms with Crippen LogP contribution in [0, 0.1) is 5.92 Å². The fourth-order valence-electron chi connectivity index (χ4n) is 2.08. The van der Waals surface area contributed by atoms with E-state index in [1.54, 1.807) is 7.11 Å². The summed E-state index contributed by atoms with van der Waals surface area (Å²) < 4.78 is 5.13. The van der Waals surface area contributed by atoms with Crippen LogP contribution in [-0.2, 0) is 6.42 Å². The van der Waals surface area contributed by atoms with Crippen molar-refractivity contribution in [2.75, 3.05) is 7.11 Å². The average Bonchev–Trinajstić information content (AvgIpc) is 2.59. The minimum absolute atomic E-state index is 0.350. The van der Waals surface area contributed by atoms with Crippen LogP contribution in [0.25, 0.3) is 0 Å². The largest absolute Gasteiger partial charge is 0.497 e. The molecule has 0 saturated carbocycles. The van der Waals surface area contributed by atoms with E-state index in [4.69, 9.17) is 10.5 Å². The highest BCUT2D eigenvalue weighted by molar-refractivity contribution is 5.84. The lowest BCUT2D eigenvalue weighted by molar-refractivity contribution is 0.414. The van der Waals surface area contributed by atoms with Crippen molar-refractivity contribution < 1.29 is 4.74 Å². The Morgan fingerprint density at radius 2 is 2.06 bits per heavy atom. The van der Waals surface area contributed by atoms with E-state index in [1.165, 1.54) is 5.56 Å². The van der Waals surface area contributed by atoms with Gasteiger partial charge in [-0.05, 0) is 30.5 Å². The molecular weight excluding hydrogens is 200 g/mol. The van der Waals surface area contributed by atoms with Gasteiger partial charge in [-0.25, -0.2) is 0 Å². The summed E-state index contributed by atoms with van der Waals surface area (Å²) in [5.41, 5.74) is 7.09. The molecule has 1 aliphatic heterocycles. The van der Waals surface area contributed by atoms with Gasteiger partial charge in [0.2, 0.25) is 0 Å². The first-order valence-electron chi connectivity index (χ1n) is 5.65. The number of amidine groups is 1. The van der Waals surface area contributed by atoms with Gasteiger partial charge in [0.25, 0.3) is 0 Å². The lowest BCUT2D eigenvalue weighted by atomic mass is 10.00. The summed E-state index contributed by atoms with van der Waals surface area (Å²) in [6.07, 6.45) is 2.03. The van der Waals surface area contributed by atoms with Gasteiger partial charge in [-0.15, -0.1) is 0 Å². The van der Waals surface area contributed by atoms with Gasteiger partial charge in [-0.1, -0.05) is 19.1 Å². The molecular formula is C13H18N2O. The number of nitrogens with two attached hydrogens (primary N) is 1. The maximum absolute atomic E-state index is 5.80. The molecule has 0 amide bonds. The summed E-state index contributed by atoms with van der Waals surface area (Å²) in [4.78, 5) is 4.47. The normalized spacial score (nSPS) is 24.2. The molecule has 0 radical (unpaired) electrons. The van der Waals surface area contributed by atoms with Gasteiger partial charge in [0.15, 0.2) is 0 Å². The van der Waals surface area contributed by atoms with Crippen molar-refractivity contribution in [2.45, 2.75) is 25.8 Å². The number of hydrogen-bond donors (Lipinski definition) is 1. The third-order valence-electron chi connectivity index (χ3n) is 3.09. The van der Waals surface area contributed by atoms with E-state index in [-0.39, 0.29) is 0 Å². The van der Waals surface area contributed by atoms with Gasteiger partial charge in [-0.3, -0.25) is 4.99 Å². The number of aliphatic imine (C=N–C) groups is 1. The maximum atomic E-state index is 5.80. The number of hydrogen-bond acceptors (Lipinski definition) is 3. The van der Waals surface area contributed by atoms with Gasteiger partial charge in [0, 0.05) is 5.92 Å². The molecule has 2 unspecified atom stereocenters. The first-order valence-corrected chi connectivity index (χ1v) is 5.65. The van der Waals surface area contributed by atoms with E-state index in [0.717, 1.165) is 24.4 Å². The van der Waals surface area contributed by atoms with Crippen LogP contribution >= 0.6 is 0 Å². The first kappa shape index (κ1) is 11.0. The van der Waals surface area contributed by atoms with Crippen LogP contribution in [0.5, 0.6) is 5.75 Å². The Morgan fingerprint density at radius 3 is 2.56 bits per heavy atom. The van der Waals surface area contributed by atoms with Crippen LogP contribution in [-0.4, -0.2) is 19.0 Å². The molecule has 2 rings (SSSR count). The predicted molar refractivity (Wildman–Crippen MR) is 65.9 cm³/mol. The second kappa shape index (κ2) is 4.56. The van der Waals surface area contributed by atoms with Crippen molar-refractivity contribution in [3.63, 3.8) is 0 Å².